The van der Waals surface area contributed by atoms with Gasteiger partial charge in [0.05, 0.1) is 16.8 Å². The van der Waals surface area contributed by atoms with E-state index in [1.165, 1.54) is 12.3 Å². The molecule has 0 amide bonds. The van der Waals surface area contributed by atoms with Gasteiger partial charge in [-0.05, 0) is 24.3 Å². The lowest BCUT2D eigenvalue weighted by atomic mass is 10.1. The largest absolute Gasteiger partial charge is 0.478 e. The van der Waals surface area contributed by atoms with Gasteiger partial charge in [0, 0.05) is 11.8 Å². The van der Waals surface area contributed by atoms with E-state index >= 15 is 0 Å². The molecule has 104 valence electrons. The fraction of sp³-hybridized carbons (Fsp3) is 0.0769. The van der Waals surface area contributed by atoms with E-state index in [2.05, 4.69) is 4.98 Å². The molecule has 20 heavy (non-hydrogen) atoms. The molecular weight excluding hydrogens is 278 g/mol. The predicted molar refractivity (Wildman–Crippen MR) is 61.6 cm³/mol. The highest BCUT2D eigenvalue weighted by atomic mass is 19.4. The number of aromatic carboxylic acids is 1. The maximum absolute atomic E-state index is 13.4. The summed E-state index contributed by atoms with van der Waals surface area (Å²) in [6, 6.07) is 4.70. The topological polar surface area (TPSA) is 50.2 Å². The van der Waals surface area contributed by atoms with E-state index in [-0.39, 0.29) is 16.8 Å². The van der Waals surface area contributed by atoms with Crippen molar-refractivity contribution in [2.75, 3.05) is 0 Å². The molecule has 1 aromatic carbocycles. The third kappa shape index (κ3) is 2.76. The van der Waals surface area contributed by atoms with E-state index in [9.17, 15) is 22.4 Å². The molecule has 0 atom stereocenters. The number of hydrogen-bond acceptors (Lipinski definition) is 2. The first-order chi connectivity index (χ1) is 9.29. The Morgan fingerprint density at radius 1 is 1.15 bits per heavy atom. The number of pyridine rings is 1. The molecule has 0 fully saturated rings. The van der Waals surface area contributed by atoms with Crippen LogP contribution in [0.15, 0.2) is 36.5 Å². The fourth-order valence-corrected chi connectivity index (χ4v) is 1.63. The van der Waals surface area contributed by atoms with Crippen LogP contribution >= 0.6 is 0 Å². The van der Waals surface area contributed by atoms with E-state index in [0.29, 0.717) is 12.1 Å². The van der Waals surface area contributed by atoms with Crippen molar-refractivity contribution < 1.29 is 27.5 Å². The van der Waals surface area contributed by atoms with E-state index in [4.69, 9.17) is 5.11 Å². The number of carboxylic acids is 1. The molecule has 1 heterocycles. The Hall–Kier alpha value is -2.44. The van der Waals surface area contributed by atoms with E-state index < -0.39 is 23.5 Å². The monoisotopic (exact) mass is 285 g/mol. The molecule has 0 aliphatic carbocycles. The van der Waals surface area contributed by atoms with Crippen molar-refractivity contribution >= 4 is 5.97 Å². The molecule has 0 aliphatic rings. The maximum Gasteiger partial charge on any atom is 0.419 e. The first kappa shape index (κ1) is 14.0. The Morgan fingerprint density at radius 2 is 1.85 bits per heavy atom. The third-order valence-electron chi connectivity index (χ3n) is 2.58. The molecule has 1 N–H and O–H groups in total. The second-order valence-electron chi connectivity index (χ2n) is 3.93. The van der Waals surface area contributed by atoms with Crippen LogP contribution in [0.5, 0.6) is 0 Å². The molecule has 0 radical (unpaired) electrons. The minimum Gasteiger partial charge on any atom is -0.478 e. The summed E-state index contributed by atoms with van der Waals surface area (Å²) in [7, 11) is 0. The van der Waals surface area contributed by atoms with Crippen LogP contribution in [0.3, 0.4) is 0 Å². The maximum atomic E-state index is 13.4. The summed E-state index contributed by atoms with van der Waals surface area (Å²) in [5.74, 6) is -2.64. The number of halogens is 4. The van der Waals surface area contributed by atoms with Crippen LogP contribution < -0.4 is 0 Å². The minimum atomic E-state index is -4.78. The van der Waals surface area contributed by atoms with Crippen LogP contribution in [0.1, 0.15) is 15.9 Å². The second-order valence-corrected chi connectivity index (χ2v) is 3.93. The number of aromatic nitrogens is 1. The zero-order valence-electron chi connectivity index (χ0n) is 9.78. The molecule has 7 heteroatoms. The van der Waals surface area contributed by atoms with E-state index in [1.807, 2.05) is 0 Å². The molecule has 0 unspecified atom stereocenters. The standard InChI is InChI=1S/C13H7F4NO2/c14-10-5-7(1-2-9(10)13(15,16)17)11-6-8(12(19)20)3-4-18-11/h1-6H,(H,19,20). The van der Waals surface area contributed by atoms with Crippen molar-refractivity contribution in [3.8, 4) is 11.3 Å². The molecule has 0 aliphatic heterocycles. The van der Waals surface area contributed by atoms with Gasteiger partial charge in [0.15, 0.2) is 0 Å². The molecule has 0 saturated carbocycles. The predicted octanol–water partition coefficient (Wildman–Crippen LogP) is 3.60. The quantitative estimate of drug-likeness (QED) is 0.858. The molecule has 1 aromatic heterocycles. The molecular formula is C13H7F4NO2. The minimum absolute atomic E-state index is 0.0681. The Morgan fingerprint density at radius 3 is 2.40 bits per heavy atom. The van der Waals surface area contributed by atoms with Crippen LogP contribution in [0, 0.1) is 5.82 Å². The summed E-state index contributed by atoms with van der Waals surface area (Å²) < 4.78 is 50.7. The first-order valence-electron chi connectivity index (χ1n) is 5.35. The summed E-state index contributed by atoms with van der Waals surface area (Å²) in [6.45, 7) is 0. The Balaban J connectivity index is 2.47. The average Bonchev–Trinajstić information content (AvgIpc) is 2.37. The van der Waals surface area contributed by atoms with Crippen molar-refractivity contribution in [1.29, 1.82) is 0 Å². The zero-order chi connectivity index (χ0) is 14.9. The van der Waals surface area contributed by atoms with Crippen LogP contribution in [0.4, 0.5) is 17.6 Å². The Kier molecular flexibility index (Phi) is 3.44. The van der Waals surface area contributed by atoms with Crippen molar-refractivity contribution in [3.63, 3.8) is 0 Å². The van der Waals surface area contributed by atoms with Crippen molar-refractivity contribution in [3.05, 3.63) is 53.5 Å². The lowest BCUT2D eigenvalue weighted by Gasteiger charge is -2.09. The highest BCUT2D eigenvalue weighted by molar-refractivity contribution is 5.88. The number of nitrogens with zero attached hydrogens (tertiary/aromatic N) is 1. The summed E-state index contributed by atoms with van der Waals surface area (Å²) in [5, 5.41) is 8.81. The molecule has 2 rings (SSSR count). The molecule has 0 saturated heterocycles. The smallest absolute Gasteiger partial charge is 0.419 e. The van der Waals surface area contributed by atoms with Gasteiger partial charge < -0.3 is 5.11 Å². The van der Waals surface area contributed by atoms with Crippen LogP contribution in [-0.2, 0) is 6.18 Å². The normalized spacial score (nSPS) is 11.4. The summed E-state index contributed by atoms with van der Waals surface area (Å²) in [6.07, 6.45) is -3.59. The van der Waals surface area contributed by atoms with Crippen molar-refractivity contribution in [2.24, 2.45) is 0 Å². The number of hydrogen-bond donors (Lipinski definition) is 1. The van der Waals surface area contributed by atoms with Crippen molar-refractivity contribution in [1.82, 2.24) is 4.98 Å². The number of rotatable bonds is 2. The van der Waals surface area contributed by atoms with Gasteiger partial charge in [0.2, 0.25) is 0 Å². The molecule has 0 bridgehead atoms. The van der Waals surface area contributed by atoms with Crippen LogP contribution in [0.25, 0.3) is 11.3 Å². The van der Waals surface area contributed by atoms with Gasteiger partial charge in [-0.1, -0.05) is 6.07 Å². The first-order valence-corrected chi connectivity index (χ1v) is 5.35. The van der Waals surface area contributed by atoms with Crippen molar-refractivity contribution in [2.45, 2.75) is 6.18 Å². The third-order valence-corrected chi connectivity index (χ3v) is 2.58. The lowest BCUT2D eigenvalue weighted by Crippen LogP contribution is -2.08. The average molecular weight is 285 g/mol. The number of carbonyl (C=O) groups is 1. The second kappa shape index (κ2) is 4.92. The van der Waals surface area contributed by atoms with Gasteiger partial charge in [0.25, 0.3) is 0 Å². The van der Waals surface area contributed by atoms with Gasteiger partial charge in [0.1, 0.15) is 5.82 Å². The summed E-state index contributed by atoms with van der Waals surface area (Å²) in [5.41, 5.74) is -1.32. The SMILES string of the molecule is O=C(O)c1ccnc(-c2ccc(C(F)(F)F)c(F)c2)c1. The van der Waals surface area contributed by atoms with Gasteiger partial charge in [-0.3, -0.25) is 4.98 Å². The Bertz CT molecular complexity index is 668. The van der Waals surface area contributed by atoms with Gasteiger partial charge in [-0.25, -0.2) is 9.18 Å². The molecule has 2 aromatic rings. The number of carboxylic acid groups (broad SMARTS) is 1. The van der Waals surface area contributed by atoms with Gasteiger partial charge in [-0.2, -0.15) is 13.2 Å². The lowest BCUT2D eigenvalue weighted by molar-refractivity contribution is -0.139. The molecule has 0 spiro atoms. The van der Waals surface area contributed by atoms with E-state index in [0.717, 1.165) is 12.1 Å². The van der Waals surface area contributed by atoms with Crippen LogP contribution in [0.2, 0.25) is 0 Å². The van der Waals surface area contributed by atoms with E-state index in [1.54, 1.807) is 0 Å². The Labute approximate surface area is 110 Å². The van der Waals surface area contributed by atoms with Gasteiger partial charge in [-0.15, -0.1) is 0 Å². The number of alkyl halides is 3. The molecule has 3 nitrogen and oxygen atoms in total. The summed E-state index contributed by atoms with van der Waals surface area (Å²) >= 11 is 0. The fourth-order valence-electron chi connectivity index (χ4n) is 1.63. The highest BCUT2D eigenvalue weighted by Gasteiger charge is 2.34. The number of benzene rings is 1. The zero-order valence-corrected chi connectivity index (χ0v) is 9.78. The van der Waals surface area contributed by atoms with Crippen LogP contribution in [-0.4, -0.2) is 16.1 Å². The summed E-state index contributed by atoms with van der Waals surface area (Å²) in [4.78, 5) is 14.6. The van der Waals surface area contributed by atoms with Gasteiger partial charge >= 0.3 is 12.1 Å². The highest BCUT2D eigenvalue weighted by Crippen LogP contribution is 2.33.